The minimum atomic E-state index is -0.583. The lowest BCUT2D eigenvalue weighted by molar-refractivity contribution is -0.142. The first-order chi connectivity index (χ1) is 17.4. The topological polar surface area (TPSA) is 54.4 Å². The molecule has 2 unspecified atom stereocenters. The number of carboxylic acids is 1. The molecule has 0 saturated carbocycles. The van der Waals surface area contributed by atoms with Crippen LogP contribution >= 0.6 is 11.6 Å². The molecule has 0 aromatic rings. The van der Waals surface area contributed by atoms with Crippen molar-refractivity contribution in [3.05, 3.63) is 0 Å². The van der Waals surface area contributed by atoms with Gasteiger partial charge in [0.2, 0.25) is 5.24 Å². The average molecular weight is 531 g/mol. The van der Waals surface area contributed by atoms with Crippen LogP contribution < -0.4 is 0 Å². The van der Waals surface area contributed by atoms with Crippen molar-refractivity contribution in [2.45, 2.75) is 182 Å². The van der Waals surface area contributed by atoms with Gasteiger partial charge in [0.25, 0.3) is 0 Å². The van der Waals surface area contributed by atoms with Crippen molar-refractivity contribution in [2.75, 3.05) is 0 Å². The van der Waals surface area contributed by atoms with Gasteiger partial charge in [0.05, 0.1) is 5.92 Å². The van der Waals surface area contributed by atoms with Crippen LogP contribution in [0.2, 0.25) is 0 Å². The predicted molar refractivity (Wildman–Crippen MR) is 159 cm³/mol. The van der Waals surface area contributed by atoms with Gasteiger partial charge in [0, 0.05) is 5.92 Å². The van der Waals surface area contributed by atoms with Gasteiger partial charge in [-0.05, 0) is 37.3 Å². The van der Waals surface area contributed by atoms with Gasteiger partial charge in [-0.1, -0.05) is 156 Å². The Morgan fingerprint density at radius 2 is 0.722 bits per heavy atom. The largest absolute Gasteiger partial charge is 0.481 e. The molecule has 36 heavy (non-hydrogen) atoms. The molecule has 0 bridgehead atoms. The van der Waals surface area contributed by atoms with Crippen LogP contribution in [0, 0.1) is 11.8 Å². The summed E-state index contributed by atoms with van der Waals surface area (Å²) >= 11 is 5.68. The fourth-order valence-electron chi connectivity index (χ4n) is 4.74. The van der Waals surface area contributed by atoms with Gasteiger partial charge in [0.15, 0.2) is 0 Å². The molecule has 0 aliphatic rings. The summed E-state index contributed by atoms with van der Waals surface area (Å²) in [5, 5.41) is 9.06. The van der Waals surface area contributed by atoms with E-state index < -0.39 is 5.97 Å². The zero-order chi connectivity index (χ0) is 27.3. The van der Waals surface area contributed by atoms with E-state index in [1.807, 2.05) is 0 Å². The molecule has 0 fully saturated rings. The lowest BCUT2D eigenvalue weighted by Crippen LogP contribution is -2.13. The van der Waals surface area contributed by atoms with Crippen molar-refractivity contribution in [1.29, 1.82) is 0 Å². The minimum Gasteiger partial charge on any atom is -0.481 e. The molecule has 0 rings (SSSR count). The molecule has 0 spiro atoms. The molecule has 0 saturated heterocycles. The van der Waals surface area contributed by atoms with E-state index in [2.05, 4.69) is 27.7 Å². The first-order valence-electron chi connectivity index (χ1n) is 15.9. The van der Waals surface area contributed by atoms with Crippen molar-refractivity contribution in [3.8, 4) is 0 Å². The highest BCUT2D eigenvalue weighted by Gasteiger charge is 2.16. The molecule has 4 heteroatoms. The zero-order valence-electron chi connectivity index (χ0n) is 24.8. The maximum atomic E-state index is 11.3. The number of hydrogen-bond donors (Lipinski definition) is 1. The molecule has 3 nitrogen and oxygen atoms in total. The van der Waals surface area contributed by atoms with E-state index in [1.54, 1.807) is 0 Å². The number of rotatable bonds is 26. The SMILES string of the molecule is CCCCCCCCC(CCCCCC)C(=O)Cl.CCCCCCCCC(CCCCCC)C(=O)O. The van der Waals surface area contributed by atoms with Gasteiger partial charge >= 0.3 is 5.97 Å². The van der Waals surface area contributed by atoms with E-state index in [4.69, 9.17) is 11.6 Å². The second-order valence-corrected chi connectivity index (χ2v) is 11.2. The highest BCUT2D eigenvalue weighted by atomic mass is 35.5. The van der Waals surface area contributed by atoms with Crippen LogP contribution in [0.25, 0.3) is 0 Å². The third kappa shape index (κ3) is 28.0. The van der Waals surface area contributed by atoms with E-state index in [0.717, 1.165) is 44.9 Å². The molecule has 2 atom stereocenters. The molecule has 216 valence electrons. The summed E-state index contributed by atoms with van der Waals surface area (Å²) < 4.78 is 0. The van der Waals surface area contributed by atoms with Crippen molar-refractivity contribution in [2.24, 2.45) is 11.8 Å². The van der Waals surface area contributed by atoms with Gasteiger partial charge in [-0.3, -0.25) is 9.59 Å². The summed E-state index contributed by atoms with van der Waals surface area (Å²) in [4.78, 5) is 22.5. The number of aliphatic carboxylic acids is 1. The van der Waals surface area contributed by atoms with Crippen LogP contribution in [0.4, 0.5) is 0 Å². The third-order valence-electron chi connectivity index (χ3n) is 7.29. The Balaban J connectivity index is 0. The van der Waals surface area contributed by atoms with Crippen molar-refractivity contribution < 1.29 is 14.7 Å². The lowest BCUT2D eigenvalue weighted by Gasteiger charge is -2.12. The first kappa shape index (κ1) is 37.6. The minimum absolute atomic E-state index is 0.0898. The van der Waals surface area contributed by atoms with Crippen molar-refractivity contribution >= 4 is 22.8 Å². The smallest absolute Gasteiger partial charge is 0.306 e. The summed E-state index contributed by atoms with van der Waals surface area (Å²) in [6, 6.07) is 0. The molecule has 0 aliphatic heterocycles. The van der Waals surface area contributed by atoms with E-state index in [1.165, 1.54) is 109 Å². The molecule has 0 aromatic carbocycles. The quantitative estimate of drug-likeness (QED) is 0.0892. The van der Waals surface area contributed by atoms with Gasteiger partial charge in [-0.2, -0.15) is 0 Å². The van der Waals surface area contributed by atoms with Crippen LogP contribution in [0.15, 0.2) is 0 Å². The normalized spacial score (nSPS) is 12.6. The number of carbonyl (C=O) groups is 2. The number of carbonyl (C=O) groups excluding carboxylic acids is 1. The summed E-state index contributed by atoms with van der Waals surface area (Å²) in [7, 11) is 0. The summed E-state index contributed by atoms with van der Waals surface area (Å²) in [5.74, 6) is -0.553. The van der Waals surface area contributed by atoms with Gasteiger partial charge in [-0.15, -0.1) is 0 Å². The van der Waals surface area contributed by atoms with E-state index >= 15 is 0 Å². The number of unbranched alkanes of at least 4 members (excludes halogenated alkanes) is 16. The standard InChI is InChI=1S/C16H31ClO.C16H32O2/c2*1-3-5-7-9-10-12-14-15(16(17)18)13-11-8-6-4-2/h15H,3-14H2,1-2H3;15H,3-14H2,1-2H3,(H,17,18). The lowest BCUT2D eigenvalue weighted by atomic mass is 9.94. The van der Waals surface area contributed by atoms with E-state index in [0.29, 0.717) is 0 Å². The predicted octanol–water partition coefficient (Wildman–Crippen LogP) is 11.5. The molecule has 0 amide bonds. The highest BCUT2D eigenvalue weighted by Crippen LogP contribution is 2.21. The molecule has 0 radical (unpaired) electrons. The van der Waals surface area contributed by atoms with Gasteiger partial charge in [-0.25, -0.2) is 0 Å². The van der Waals surface area contributed by atoms with Crippen LogP contribution in [-0.2, 0) is 9.59 Å². The molecule has 0 heterocycles. The van der Waals surface area contributed by atoms with Crippen molar-refractivity contribution in [3.63, 3.8) is 0 Å². The number of carboxylic acid groups (broad SMARTS) is 1. The Labute approximate surface area is 230 Å². The summed E-state index contributed by atoms with van der Waals surface area (Å²) in [6.07, 6.45) is 28.6. The summed E-state index contributed by atoms with van der Waals surface area (Å²) in [5.41, 5.74) is 0. The maximum Gasteiger partial charge on any atom is 0.306 e. The average Bonchev–Trinajstić information content (AvgIpc) is 2.86. The van der Waals surface area contributed by atoms with Gasteiger partial charge in [0.1, 0.15) is 0 Å². The molecule has 0 aromatic heterocycles. The number of halogens is 1. The molecular formula is C32H63ClO3. The highest BCUT2D eigenvalue weighted by molar-refractivity contribution is 6.63. The first-order valence-corrected chi connectivity index (χ1v) is 16.2. The number of hydrogen-bond acceptors (Lipinski definition) is 2. The third-order valence-corrected chi connectivity index (χ3v) is 7.60. The molecular weight excluding hydrogens is 468 g/mol. The van der Waals surface area contributed by atoms with Crippen LogP contribution in [-0.4, -0.2) is 16.3 Å². The van der Waals surface area contributed by atoms with Gasteiger partial charge < -0.3 is 5.11 Å². The fourth-order valence-corrected chi connectivity index (χ4v) is 4.96. The van der Waals surface area contributed by atoms with Crippen LogP contribution in [0.1, 0.15) is 182 Å². The molecule has 1 N–H and O–H groups in total. The monoisotopic (exact) mass is 530 g/mol. The Hall–Kier alpha value is -0.570. The van der Waals surface area contributed by atoms with Crippen molar-refractivity contribution in [1.82, 2.24) is 0 Å². The van der Waals surface area contributed by atoms with E-state index in [-0.39, 0.29) is 17.1 Å². The van der Waals surface area contributed by atoms with Crippen LogP contribution in [0.5, 0.6) is 0 Å². The van der Waals surface area contributed by atoms with E-state index in [9.17, 15) is 14.7 Å². The Kier molecular flexibility index (Phi) is 32.0. The summed E-state index contributed by atoms with van der Waals surface area (Å²) in [6.45, 7) is 8.85. The van der Waals surface area contributed by atoms with Crippen LogP contribution in [0.3, 0.4) is 0 Å². The Bertz CT molecular complexity index is 424. The second-order valence-electron chi connectivity index (χ2n) is 10.8. The second kappa shape index (κ2) is 30.7. The Morgan fingerprint density at radius 3 is 1.00 bits per heavy atom. The Morgan fingerprint density at radius 1 is 0.472 bits per heavy atom. The zero-order valence-corrected chi connectivity index (χ0v) is 25.5. The maximum absolute atomic E-state index is 11.3. The fraction of sp³-hybridized carbons (Fsp3) is 0.938. The molecule has 0 aliphatic carbocycles.